The van der Waals surface area contributed by atoms with Crippen molar-refractivity contribution in [3.8, 4) is 0 Å². The van der Waals surface area contributed by atoms with Gasteiger partial charge in [-0.15, -0.1) is 0 Å². The predicted octanol–water partition coefficient (Wildman–Crippen LogP) is 2.30. The Morgan fingerprint density at radius 2 is 1.82 bits per heavy atom. The Morgan fingerprint density at radius 1 is 1.06 bits per heavy atom. The van der Waals surface area contributed by atoms with Crippen LogP contribution in [0.5, 0.6) is 0 Å². The zero-order valence-corrected chi connectivity index (χ0v) is 19.3. The second-order valence-corrected chi connectivity index (χ2v) is 10.7. The normalized spacial score (nSPS) is 17.3. The van der Waals surface area contributed by atoms with Gasteiger partial charge in [0, 0.05) is 49.3 Å². The molecular formula is C22H25N7O3S. The van der Waals surface area contributed by atoms with E-state index < -0.39 is 9.84 Å². The molecule has 0 saturated carbocycles. The molecule has 3 aromatic rings. The first-order valence-electron chi connectivity index (χ1n) is 10.6. The number of aromatic nitrogens is 4. The fraction of sp³-hybridized carbons (Fsp3) is 0.364. The van der Waals surface area contributed by atoms with Gasteiger partial charge in [0.05, 0.1) is 13.2 Å². The van der Waals surface area contributed by atoms with Crippen molar-refractivity contribution in [2.45, 2.75) is 18.4 Å². The van der Waals surface area contributed by atoms with Crippen LogP contribution in [-0.4, -0.2) is 65.8 Å². The van der Waals surface area contributed by atoms with Crippen LogP contribution in [0.4, 0.5) is 23.3 Å². The Labute approximate surface area is 192 Å². The standard InChI is InChI=1S/C22H25N7O3S/c1-15-16(9-29-10-22(11-29)12-32-13-22)5-6-18(26-15)27-19-8-20(25-14-24-19)28-21-17(33(2,30)31)4-3-7-23-21/h3-8,14H,9-13H2,1-2H3,(H2,23,24,25,26,27,28). The third-order valence-corrected chi connectivity index (χ3v) is 6.99. The van der Waals surface area contributed by atoms with Crippen LogP contribution in [0.15, 0.2) is 47.8 Å². The lowest BCUT2D eigenvalue weighted by Gasteiger charge is -2.55. The molecule has 2 fully saturated rings. The van der Waals surface area contributed by atoms with Crippen molar-refractivity contribution in [2.24, 2.45) is 5.41 Å². The van der Waals surface area contributed by atoms with E-state index in [0.717, 1.165) is 44.8 Å². The van der Waals surface area contributed by atoms with Crippen LogP contribution in [0, 0.1) is 12.3 Å². The SMILES string of the molecule is Cc1nc(Nc2cc(Nc3ncccc3S(C)(=O)=O)ncn2)ccc1CN1CC2(COC2)C1. The average molecular weight is 468 g/mol. The van der Waals surface area contributed by atoms with E-state index in [1.54, 1.807) is 12.1 Å². The van der Waals surface area contributed by atoms with E-state index in [9.17, 15) is 8.42 Å². The summed E-state index contributed by atoms with van der Waals surface area (Å²) in [6.45, 7) is 6.82. The quantitative estimate of drug-likeness (QED) is 0.535. The number of hydrogen-bond acceptors (Lipinski definition) is 10. The number of nitrogens with one attached hydrogen (secondary N) is 2. The Hall–Kier alpha value is -3.15. The first kappa shape index (κ1) is 21.7. The molecule has 0 radical (unpaired) electrons. The lowest BCUT2D eigenvalue weighted by Crippen LogP contribution is -2.65. The van der Waals surface area contributed by atoms with E-state index >= 15 is 0 Å². The Balaban J connectivity index is 1.26. The molecule has 2 saturated heterocycles. The highest BCUT2D eigenvalue weighted by atomic mass is 32.2. The summed E-state index contributed by atoms with van der Waals surface area (Å²) in [5.41, 5.74) is 2.56. The molecule has 0 aliphatic carbocycles. The number of aryl methyl sites for hydroxylation is 1. The molecule has 11 heteroatoms. The number of hydrogen-bond donors (Lipinski definition) is 2. The third-order valence-electron chi connectivity index (χ3n) is 5.86. The van der Waals surface area contributed by atoms with Gasteiger partial charge < -0.3 is 15.4 Å². The molecule has 0 amide bonds. The van der Waals surface area contributed by atoms with Crippen molar-refractivity contribution < 1.29 is 13.2 Å². The van der Waals surface area contributed by atoms with E-state index in [1.165, 1.54) is 24.2 Å². The van der Waals surface area contributed by atoms with Crippen LogP contribution in [0.3, 0.4) is 0 Å². The van der Waals surface area contributed by atoms with E-state index in [4.69, 9.17) is 4.74 Å². The lowest BCUT2D eigenvalue weighted by atomic mass is 9.78. The van der Waals surface area contributed by atoms with E-state index in [-0.39, 0.29) is 10.7 Å². The van der Waals surface area contributed by atoms with E-state index in [2.05, 4.69) is 41.5 Å². The fourth-order valence-corrected chi connectivity index (χ4v) is 4.97. The molecule has 0 aromatic carbocycles. The molecule has 3 aromatic heterocycles. The van der Waals surface area contributed by atoms with Gasteiger partial charge >= 0.3 is 0 Å². The fourth-order valence-electron chi connectivity index (χ4n) is 4.19. The summed E-state index contributed by atoms with van der Waals surface area (Å²) in [6, 6.07) is 8.76. The van der Waals surface area contributed by atoms with Gasteiger partial charge in [-0.1, -0.05) is 6.07 Å². The Bertz CT molecular complexity index is 1290. The zero-order valence-electron chi connectivity index (χ0n) is 18.4. The summed E-state index contributed by atoms with van der Waals surface area (Å²) in [5, 5.41) is 6.14. The number of nitrogens with zero attached hydrogens (tertiary/aromatic N) is 5. The molecule has 1 spiro atoms. The molecular weight excluding hydrogens is 442 g/mol. The van der Waals surface area contributed by atoms with Gasteiger partial charge in [0.2, 0.25) is 0 Å². The minimum absolute atomic E-state index is 0.101. The highest BCUT2D eigenvalue weighted by Crippen LogP contribution is 2.38. The van der Waals surface area contributed by atoms with Crippen LogP contribution in [0.2, 0.25) is 0 Å². The maximum atomic E-state index is 12.0. The van der Waals surface area contributed by atoms with Crippen LogP contribution in [-0.2, 0) is 21.1 Å². The first-order valence-corrected chi connectivity index (χ1v) is 12.5. The van der Waals surface area contributed by atoms with Crippen LogP contribution < -0.4 is 10.6 Å². The minimum atomic E-state index is -3.44. The molecule has 2 aliphatic rings. The van der Waals surface area contributed by atoms with Gasteiger partial charge in [0.25, 0.3) is 0 Å². The highest BCUT2D eigenvalue weighted by Gasteiger charge is 2.48. The van der Waals surface area contributed by atoms with Crippen molar-refractivity contribution in [3.05, 3.63) is 54.1 Å². The molecule has 5 heterocycles. The number of rotatable bonds is 7. The zero-order chi connectivity index (χ0) is 23.1. The largest absolute Gasteiger partial charge is 0.380 e. The predicted molar refractivity (Wildman–Crippen MR) is 123 cm³/mol. The van der Waals surface area contributed by atoms with Crippen molar-refractivity contribution in [1.82, 2.24) is 24.8 Å². The van der Waals surface area contributed by atoms with E-state index in [0.29, 0.717) is 22.9 Å². The Kier molecular flexibility index (Phi) is 5.47. The summed E-state index contributed by atoms with van der Waals surface area (Å²) in [4.78, 5) is 19.7. The molecule has 33 heavy (non-hydrogen) atoms. The summed E-state index contributed by atoms with van der Waals surface area (Å²) >= 11 is 0. The highest BCUT2D eigenvalue weighted by molar-refractivity contribution is 7.90. The molecule has 5 rings (SSSR count). The maximum absolute atomic E-state index is 12.0. The van der Waals surface area contributed by atoms with Gasteiger partial charge in [-0.05, 0) is 30.7 Å². The topological polar surface area (TPSA) is 122 Å². The van der Waals surface area contributed by atoms with Gasteiger partial charge in [0.1, 0.15) is 34.5 Å². The van der Waals surface area contributed by atoms with Gasteiger partial charge in [0.15, 0.2) is 9.84 Å². The van der Waals surface area contributed by atoms with Crippen molar-refractivity contribution >= 4 is 33.1 Å². The number of ether oxygens (including phenoxy) is 1. The molecule has 2 aliphatic heterocycles. The van der Waals surface area contributed by atoms with Gasteiger partial charge in [-0.2, -0.15) is 0 Å². The molecule has 0 bridgehead atoms. The number of pyridine rings is 2. The maximum Gasteiger partial charge on any atom is 0.179 e. The molecule has 0 unspecified atom stereocenters. The second-order valence-electron chi connectivity index (χ2n) is 8.74. The van der Waals surface area contributed by atoms with Crippen LogP contribution >= 0.6 is 0 Å². The Morgan fingerprint density at radius 3 is 2.48 bits per heavy atom. The number of sulfone groups is 1. The lowest BCUT2D eigenvalue weighted by molar-refractivity contribution is -0.191. The third kappa shape index (κ3) is 4.65. The smallest absolute Gasteiger partial charge is 0.179 e. The van der Waals surface area contributed by atoms with Crippen molar-refractivity contribution in [2.75, 3.05) is 43.2 Å². The number of anilines is 4. The summed E-state index contributed by atoms with van der Waals surface area (Å²) < 4.78 is 29.4. The molecule has 0 atom stereocenters. The summed E-state index contributed by atoms with van der Waals surface area (Å²) in [7, 11) is -3.44. The van der Waals surface area contributed by atoms with Crippen LogP contribution in [0.1, 0.15) is 11.3 Å². The first-order chi connectivity index (χ1) is 15.8. The minimum Gasteiger partial charge on any atom is -0.380 e. The van der Waals surface area contributed by atoms with Gasteiger partial charge in [-0.25, -0.2) is 28.4 Å². The van der Waals surface area contributed by atoms with Crippen LogP contribution in [0.25, 0.3) is 0 Å². The summed E-state index contributed by atoms with van der Waals surface area (Å²) in [5.74, 6) is 1.82. The molecule has 10 nitrogen and oxygen atoms in total. The molecule has 172 valence electrons. The molecule has 2 N–H and O–H groups in total. The van der Waals surface area contributed by atoms with E-state index in [1.807, 2.05) is 13.0 Å². The number of likely N-dealkylation sites (tertiary alicyclic amines) is 1. The average Bonchev–Trinajstić information content (AvgIpc) is 2.70. The summed E-state index contributed by atoms with van der Waals surface area (Å²) in [6.07, 6.45) is 4.05. The van der Waals surface area contributed by atoms with Crippen molar-refractivity contribution in [3.63, 3.8) is 0 Å². The van der Waals surface area contributed by atoms with Crippen molar-refractivity contribution in [1.29, 1.82) is 0 Å². The van der Waals surface area contributed by atoms with Gasteiger partial charge in [-0.3, -0.25) is 4.90 Å². The second kappa shape index (κ2) is 8.32. The monoisotopic (exact) mass is 467 g/mol.